The molecule has 0 aromatic heterocycles. The zero-order valence-corrected chi connectivity index (χ0v) is 10.7. The Morgan fingerprint density at radius 3 is 2.76 bits per heavy atom. The Balaban J connectivity index is 1.90. The molecule has 0 aliphatic heterocycles. The van der Waals surface area contributed by atoms with Gasteiger partial charge in [0.2, 0.25) is 0 Å². The highest BCUT2D eigenvalue weighted by Crippen LogP contribution is 2.34. The van der Waals surface area contributed by atoms with Crippen molar-refractivity contribution >= 4 is 11.6 Å². The molecule has 0 saturated heterocycles. The summed E-state index contributed by atoms with van der Waals surface area (Å²) in [6.45, 7) is 1.19. The van der Waals surface area contributed by atoms with E-state index in [0.29, 0.717) is 17.1 Å². The van der Waals surface area contributed by atoms with E-state index in [9.17, 15) is 4.39 Å². The van der Waals surface area contributed by atoms with Crippen LogP contribution < -0.4 is 5.32 Å². The Kier molecular flexibility index (Phi) is 4.02. The van der Waals surface area contributed by atoms with E-state index in [0.717, 1.165) is 19.4 Å². The van der Waals surface area contributed by atoms with Crippen molar-refractivity contribution in [1.82, 2.24) is 5.32 Å². The maximum atomic E-state index is 13.5. The van der Waals surface area contributed by atoms with Crippen molar-refractivity contribution in [1.29, 1.82) is 0 Å². The van der Waals surface area contributed by atoms with Gasteiger partial charge in [-0.2, -0.15) is 0 Å². The second kappa shape index (κ2) is 5.34. The van der Waals surface area contributed by atoms with Crippen LogP contribution in [0.2, 0.25) is 5.02 Å². The van der Waals surface area contributed by atoms with Crippen molar-refractivity contribution in [2.24, 2.45) is 0 Å². The van der Waals surface area contributed by atoms with Gasteiger partial charge in [0.15, 0.2) is 0 Å². The van der Waals surface area contributed by atoms with Crippen molar-refractivity contribution in [3.8, 4) is 0 Å². The smallest absolute Gasteiger partial charge is 0.129 e. The number of rotatable bonds is 5. The highest BCUT2D eigenvalue weighted by Gasteiger charge is 2.36. The van der Waals surface area contributed by atoms with E-state index in [1.807, 2.05) is 0 Å². The van der Waals surface area contributed by atoms with Gasteiger partial charge in [0.25, 0.3) is 0 Å². The molecule has 1 saturated carbocycles. The summed E-state index contributed by atoms with van der Waals surface area (Å²) < 4.78 is 19.0. The predicted molar refractivity (Wildman–Crippen MR) is 66.7 cm³/mol. The van der Waals surface area contributed by atoms with Crippen LogP contribution in [0.1, 0.15) is 24.8 Å². The monoisotopic (exact) mass is 257 g/mol. The molecule has 1 N–H and O–H groups in total. The number of ether oxygens (including phenoxy) is 1. The summed E-state index contributed by atoms with van der Waals surface area (Å²) in [4.78, 5) is 0. The summed E-state index contributed by atoms with van der Waals surface area (Å²) in [5, 5.41) is 3.70. The minimum Gasteiger partial charge on any atom is -0.377 e. The normalized spacial score (nSPS) is 17.8. The van der Waals surface area contributed by atoms with Gasteiger partial charge in [0.1, 0.15) is 5.82 Å². The first-order valence-corrected chi connectivity index (χ1v) is 6.23. The molecule has 0 radical (unpaired) electrons. The zero-order chi connectivity index (χ0) is 12.3. The van der Waals surface area contributed by atoms with E-state index >= 15 is 0 Å². The van der Waals surface area contributed by atoms with Gasteiger partial charge in [-0.1, -0.05) is 17.7 Å². The maximum Gasteiger partial charge on any atom is 0.129 e. The van der Waals surface area contributed by atoms with Crippen LogP contribution in [-0.2, 0) is 11.3 Å². The van der Waals surface area contributed by atoms with E-state index in [-0.39, 0.29) is 11.4 Å². The van der Waals surface area contributed by atoms with Gasteiger partial charge in [-0.15, -0.1) is 0 Å². The Hall–Kier alpha value is -0.640. The van der Waals surface area contributed by atoms with Crippen LogP contribution in [0.25, 0.3) is 0 Å². The number of hydrogen-bond donors (Lipinski definition) is 1. The molecule has 1 aromatic carbocycles. The minimum absolute atomic E-state index is 0.0439. The molecule has 0 spiro atoms. The van der Waals surface area contributed by atoms with Gasteiger partial charge in [-0.05, 0) is 31.4 Å². The molecule has 0 bridgehead atoms. The lowest BCUT2D eigenvalue weighted by Crippen LogP contribution is -2.47. The van der Waals surface area contributed by atoms with Crippen LogP contribution in [0.3, 0.4) is 0 Å². The molecule has 0 amide bonds. The molecular formula is C13H17ClFNO. The summed E-state index contributed by atoms with van der Waals surface area (Å²) in [5.41, 5.74) is 0.484. The standard InChI is InChI=1S/C13H17ClFNO/c1-17-13(6-3-7-13)9-16-8-10-11(14)4-2-5-12(10)15/h2,4-5,16H,3,6-9H2,1H3. The second-order valence-electron chi connectivity index (χ2n) is 4.54. The average Bonchev–Trinajstić information content (AvgIpc) is 2.26. The molecule has 1 aliphatic rings. The molecule has 17 heavy (non-hydrogen) atoms. The summed E-state index contributed by atoms with van der Waals surface area (Å²) in [6.07, 6.45) is 3.35. The van der Waals surface area contributed by atoms with Crippen molar-refractivity contribution < 1.29 is 9.13 Å². The first kappa shape index (κ1) is 12.8. The van der Waals surface area contributed by atoms with E-state index in [1.54, 1.807) is 19.2 Å². The van der Waals surface area contributed by atoms with Crippen molar-refractivity contribution in [3.05, 3.63) is 34.6 Å². The molecule has 4 heteroatoms. The SMILES string of the molecule is COC1(CNCc2c(F)cccc2Cl)CCC1. The van der Waals surface area contributed by atoms with Crippen LogP contribution in [-0.4, -0.2) is 19.3 Å². The molecule has 94 valence electrons. The van der Waals surface area contributed by atoms with E-state index < -0.39 is 0 Å². The number of halogens is 2. The lowest BCUT2D eigenvalue weighted by atomic mass is 9.80. The van der Waals surface area contributed by atoms with Crippen LogP contribution >= 0.6 is 11.6 Å². The van der Waals surface area contributed by atoms with E-state index in [1.165, 1.54) is 12.5 Å². The highest BCUT2D eigenvalue weighted by atomic mass is 35.5. The summed E-state index contributed by atoms with van der Waals surface area (Å²) in [7, 11) is 1.73. The fourth-order valence-electron chi connectivity index (χ4n) is 2.14. The van der Waals surface area contributed by atoms with E-state index in [2.05, 4.69) is 5.32 Å². The fraction of sp³-hybridized carbons (Fsp3) is 0.538. The lowest BCUT2D eigenvalue weighted by Gasteiger charge is -2.40. The molecule has 0 atom stereocenters. The first-order valence-electron chi connectivity index (χ1n) is 5.86. The van der Waals surface area contributed by atoms with Crippen LogP contribution in [0, 0.1) is 5.82 Å². The van der Waals surface area contributed by atoms with Crippen LogP contribution in [0.5, 0.6) is 0 Å². The number of hydrogen-bond acceptors (Lipinski definition) is 2. The second-order valence-corrected chi connectivity index (χ2v) is 4.95. The maximum absolute atomic E-state index is 13.5. The number of methoxy groups -OCH3 is 1. The van der Waals surface area contributed by atoms with Gasteiger partial charge >= 0.3 is 0 Å². The Morgan fingerprint density at radius 2 is 2.24 bits per heavy atom. The molecule has 1 aliphatic carbocycles. The minimum atomic E-state index is -0.259. The van der Waals surface area contributed by atoms with Gasteiger partial charge in [0.05, 0.1) is 5.60 Å². The topological polar surface area (TPSA) is 21.3 Å². The molecule has 1 fully saturated rings. The summed E-state index contributed by atoms with van der Waals surface area (Å²) in [6, 6.07) is 4.75. The molecule has 1 aromatic rings. The van der Waals surface area contributed by atoms with Gasteiger partial charge in [0, 0.05) is 30.8 Å². The largest absolute Gasteiger partial charge is 0.377 e. The molecular weight excluding hydrogens is 241 g/mol. The molecule has 2 rings (SSSR count). The lowest BCUT2D eigenvalue weighted by molar-refractivity contribution is -0.0695. The van der Waals surface area contributed by atoms with Crippen molar-refractivity contribution in [3.63, 3.8) is 0 Å². The van der Waals surface area contributed by atoms with Crippen LogP contribution in [0.15, 0.2) is 18.2 Å². The van der Waals surface area contributed by atoms with E-state index in [4.69, 9.17) is 16.3 Å². The van der Waals surface area contributed by atoms with Gasteiger partial charge in [-0.25, -0.2) is 4.39 Å². The molecule has 0 heterocycles. The third-order valence-corrected chi connectivity index (χ3v) is 3.86. The predicted octanol–water partition coefficient (Wildman–Crippen LogP) is 3.14. The molecule has 2 nitrogen and oxygen atoms in total. The Morgan fingerprint density at radius 1 is 1.47 bits per heavy atom. The highest BCUT2D eigenvalue weighted by molar-refractivity contribution is 6.31. The third kappa shape index (κ3) is 2.79. The number of benzene rings is 1. The van der Waals surface area contributed by atoms with Gasteiger partial charge in [-0.3, -0.25) is 0 Å². The zero-order valence-electron chi connectivity index (χ0n) is 9.93. The van der Waals surface area contributed by atoms with Crippen molar-refractivity contribution in [2.45, 2.75) is 31.4 Å². The first-order chi connectivity index (χ1) is 8.17. The quantitative estimate of drug-likeness (QED) is 0.875. The number of nitrogens with one attached hydrogen (secondary N) is 1. The third-order valence-electron chi connectivity index (χ3n) is 3.51. The van der Waals surface area contributed by atoms with Crippen molar-refractivity contribution in [2.75, 3.05) is 13.7 Å². The summed E-state index contributed by atoms with van der Waals surface area (Å²) >= 11 is 5.95. The van der Waals surface area contributed by atoms with Crippen LogP contribution in [0.4, 0.5) is 4.39 Å². The van der Waals surface area contributed by atoms with Gasteiger partial charge < -0.3 is 10.1 Å². The Labute approximate surface area is 106 Å². The summed E-state index contributed by atoms with van der Waals surface area (Å²) in [5.74, 6) is -0.259. The fourth-order valence-corrected chi connectivity index (χ4v) is 2.37. The average molecular weight is 258 g/mol. The Bertz CT molecular complexity index is 367. The molecule has 0 unspecified atom stereocenters.